The van der Waals surface area contributed by atoms with Crippen molar-refractivity contribution in [1.82, 2.24) is 0 Å². The van der Waals surface area contributed by atoms with Gasteiger partial charge in [-0.3, -0.25) is 4.79 Å². The molecule has 0 aliphatic heterocycles. The number of carbonyl (C=O) groups is 2. The Morgan fingerprint density at radius 3 is 2.72 bits per heavy atom. The van der Waals surface area contributed by atoms with Crippen molar-refractivity contribution in [2.75, 3.05) is 5.32 Å². The van der Waals surface area contributed by atoms with Gasteiger partial charge in [0.2, 0.25) is 0 Å². The summed E-state index contributed by atoms with van der Waals surface area (Å²) in [5, 5.41) is 11.5. The van der Waals surface area contributed by atoms with Crippen LogP contribution in [0.5, 0.6) is 0 Å². The summed E-state index contributed by atoms with van der Waals surface area (Å²) < 4.78 is 18.0. The summed E-state index contributed by atoms with van der Waals surface area (Å²) >= 11 is 0. The van der Waals surface area contributed by atoms with Crippen LogP contribution in [0, 0.1) is 17.1 Å². The highest BCUT2D eigenvalue weighted by molar-refractivity contribution is 5.97. The van der Waals surface area contributed by atoms with Gasteiger partial charge in [-0.2, -0.15) is 5.26 Å². The lowest BCUT2D eigenvalue weighted by Crippen LogP contribution is -2.29. The summed E-state index contributed by atoms with van der Waals surface area (Å²) in [6.45, 7) is 1.41. The number of ether oxygens (including phenoxy) is 1. The summed E-state index contributed by atoms with van der Waals surface area (Å²) in [4.78, 5) is 23.8. The monoisotopic (exact) mass is 338 g/mol. The zero-order valence-electron chi connectivity index (χ0n) is 13.4. The van der Waals surface area contributed by atoms with Crippen molar-refractivity contribution >= 4 is 23.6 Å². The summed E-state index contributed by atoms with van der Waals surface area (Å²) in [5.74, 6) is -1.71. The number of nitrogens with one attached hydrogen (secondary N) is 1. The van der Waals surface area contributed by atoms with Crippen LogP contribution in [-0.2, 0) is 14.3 Å². The van der Waals surface area contributed by atoms with Crippen molar-refractivity contribution in [3.8, 4) is 6.07 Å². The minimum atomic E-state index is -1.06. The molecule has 0 saturated carbocycles. The highest BCUT2D eigenvalue weighted by Crippen LogP contribution is 2.14. The number of para-hydroxylation sites is 1. The molecule has 2 rings (SSSR count). The minimum Gasteiger partial charge on any atom is -0.449 e. The average Bonchev–Trinajstić information content (AvgIpc) is 2.60. The van der Waals surface area contributed by atoms with Crippen molar-refractivity contribution in [3.63, 3.8) is 0 Å². The van der Waals surface area contributed by atoms with E-state index in [0.29, 0.717) is 16.8 Å². The first-order chi connectivity index (χ1) is 12.0. The molecule has 0 aliphatic carbocycles. The van der Waals surface area contributed by atoms with Crippen LogP contribution in [0.2, 0.25) is 0 Å². The van der Waals surface area contributed by atoms with Gasteiger partial charge >= 0.3 is 5.97 Å². The second kappa shape index (κ2) is 8.41. The fourth-order valence-electron chi connectivity index (χ4n) is 1.97. The van der Waals surface area contributed by atoms with Crippen molar-refractivity contribution in [2.24, 2.45) is 0 Å². The zero-order chi connectivity index (χ0) is 18.2. The third-order valence-corrected chi connectivity index (χ3v) is 3.23. The Labute approximate surface area is 144 Å². The molecule has 2 aromatic carbocycles. The Balaban J connectivity index is 1.94. The Kier molecular flexibility index (Phi) is 6.02. The quantitative estimate of drug-likeness (QED) is 0.670. The molecule has 0 saturated heterocycles. The molecule has 126 valence electrons. The Morgan fingerprint density at radius 1 is 1.24 bits per heavy atom. The lowest BCUT2D eigenvalue weighted by atomic mass is 10.2. The van der Waals surface area contributed by atoms with Gasteiger partial charge in [-0.05, 0) is 42.8 Å². The number of esters is 1. The second-order valence-corrected chi connectivity index (χ2v) is 5.11. The lowest BCUT2D eigenvalue weighted by Gasteiger charge is -2.13. The van der Waals surface area contributed by atoms with E-state index in [2.05, 4.69) is 5.32 Å². The molecule has 6 heteroatoms. The highest BCUT2D eigenvalue weighted by atomic mass is 19.1. The maximum Gasteiger partial charge on any atom is 0.331 e. The SMILES string of the molecule is C[C@@H](OC(=O)/C=C/c1cccc(F)c1)C(=O)Nc1ccccc1C#N. The first-order valence-electron chi connectivity index (χ1n) is 7.44. The van der Waals surface area contributed by atoms with E-state index in [4.69, 9.17) is 10.00 Å². The molecule has 0 aromatic heterocycles. The highest BCUT2D eigenvalue weighted by Gasteiger charge is 2.17. The number of anilines is 1. The molecule has 2 aromatic rings. The van der Waals surface area contributed by atoms with E-state index in [9.17, 15) is 14.0 Å². The maximum absolute atomic E-state index is 13.1. The van der Waals surface area contributed by atoms with E-state index in [-0.39, 0.29) is 0 Å². The van der Waals surface area contributed by atoms with Gasteiger partial charge in [0.15, 0.2) is 6.10 Å². The summed E-state index contributed by atoms with van der Waals surface area (Å²) in [6, 6.07) is 14.2. The van der Waals surface area contributed by atoms with Crippen LogP contribution in [0.3, 0.4) is 0 Å². The van der Waals surface area contributed by atoms with E-state index in [1.54, 1.807) is 30.3 Å². The van der Waals surface area contributed by atoms with E-state index in [1.807, 2.05) is 6.07 Å². The van der Waals surface area contributed by atoms with Crippen LogP contribution in [0.15, 0.2) is 54.6 Å². The molecule has 0 unspecified atom stereocenters. The first-order valence-corrected chi connectivity index (χ1v) is 7.44. The molecule has 0 radical (unpaired) electrons. The van der Waals surface area contributed by atoms with Gasteiger partial charge in [0.1, 0.15) is 11.9 Å². The molecule has 25 heavy (non-hydrogen) atoms. The number of hydrogen-bond donors (Lipinski definition) is 1. The number of nitrogens with zero attached hydrogens (tertiary/aromatic N) is 1. The van der Waals surface area contributed by atoms with Gasteiger partial charge in [0.25, 0.3) is 5.91 Å². The summed E-state index contributed by atoms with van der Waals surface area (Å²) in [6.07, 6.45) is 1.44. The Bertz CT molecular complexity index is 856. The molecule has 5 nitrogen and oxygen atoms in total. The first kappa shape index (κ1) is 17.9. The fourth-order valence-corrected chi connectivity index (χ4v) is 1.97. The van der Waals surface area contributed by atoms with Gasteiger partial charge < -0.3 is 10.1 Å². The molecule has 1 atom stereocenters. The van der Waals surface area contributed by atoms with Gasteiger partial charge in [-0.25, -0.2) is 9.18 Å². The van der Waals surface area contributed by atoms with Gasteiger partial charge in [-0.1, -0.05) is 24.3 Å². The predicted molar refractivity (Wildman–Crippen MR) is 90.8 cm³/mol. The van der Waals surface area contributed by atoms with E-state index in [1.165, 1.54) is 31.2 Å². The standard InChI is InChI=1S/C19H15FN2O3/c1-13(19(24)22-17-8-3-2-6-15(17)12-21)25-18(23)10-9-14-5-4-7-16(20)11-14/h2-11,13H,1H3,(H,22,24)/b10-9+/t13-/m1/s1. The van der Waals surface area contributed by atoms with Gasteiger partial charge in [0, 0.05) is 6.08 Å². The minimum absolute atomic E-state index is 0.306. The molecule has 0 fully saturated rings. The summed E-state index contributed by atoms with van der Waals surface area (Å²) in [7, 11) is 0. The number of carbonyl (C=O) groups excluding carboxylic acids is 2. The van der Waals surface area contributed by atoms with Crippen LogP contribution in [-0.4, -0.2) is 18.0 Å². The van der Waals surface area contributed by atoms with Crippen LogP contribution < -0.4 is 5.32 Å². The number of amides is 1. The van der Waals surface area contributed by atoms with Crippen LogP contribution >= 0.6 is 0 Å². The zero-order valence-corrected chi connectivity index (χ0v) is 13.4. The molecule has 0 aliphatic rings. The molecule has 0 spiro atoms. The number of hydrogen-bond acceptors (Lipinski definition) is 4. The number of halogens is 1. The number of nitriles is 1. The third-order valence-electron chi connectivity index (χ3n) is 3.23. The smallest absolute Gasteiger partial charge is 0.331 e. The molecular weight excluding hydrogens is 323 g/mol. The average molecular weight is 338 g/mol. The van der Waals surface area contributed by atoms with E-state index in [0.717, 1.165) is 6.08 Å². The third kappa shape index (κ3) is 5.29. The van der Waals surface area contributed by atoms with Crippen LogP contribution in [0.4, 0.5) is 10.1 Å². The van der Waals surface area contributed by atoms with Crippen molar-refractivity contribution in [2.45, 2.75) is 13.0 Å². The topological polar surface area (TPSA) is 79.2 Å². The van der Waals surface area contributed by atoms with Crippen LogP contribution in [0.1, 0.15) is 18.1 Å². The van der Waals surface area contributed by atoms with E-state index < -0.39 is 23.8 Å². The molecule has 0 bridgehead atoms. The Hall–Kier alpha value is -3.46. The van der Waals surface area contributed by atoms with Crippen molar-refractivity contribution in [3.05, 3.63) is 71.6 Å². The normalized spacial score (nSPS) is 11.6. The number of rotatable bonds is 5. The lowest BCUT2D eigenvalue weighted by molar-refractivity contribution is -0.148. The molecular formula is C19H15FN2O3. The summed E-state index contributed by atoms with van der Waals surface area (Å²) in [5.41, 5.74) is 1.14. The van der Waals surface area contributed by atoms with Gasteiger partial charge in [-0.15, -0.1) is 0 Å². The largest absolute Gasteiger partial charge is 0.449 e. The molecule has 1 N–H and O–H groups in total. The van der Waals surface area contributed by atoms with Crippen molar-refractivity contribution in [1.29, 1.82) is 5.26 Å². The second-order valence-electron chi connectivity index (χ2n) is 5.11. The molecule has 0 heterocycles. The molecule has 1 amide bonds. The van der Waals surface area contributed by atoms with E-state index >= 15 is 0 Å². The number of benzene rings is 2. The Morgan fingerprint density at radius 2 is 2.00 bits per heavy atom. The maximum atomic E-state index is 13.1. The van der Waals surface area contributed by atoms with Crippen LogP contribution in [0.25, 0.3) is 6.08 Å². The van der Waals surface area contributed by atoms with Gasteiger partial charge in [0.05, 0.1) is 11.3 Å². The predicted octanol–water partition coefficient (Wildman–Crippen LogP) is 3.28. The fraction of sp³-hybridized carbons (Fsp3) is 0.105. The van der Waals surface area contributed by atoms with Crippen molar-refractivity contribution < 1.29 is 18.7 Å².